The minimum absolute atomic E-state index is 0.00510. The molecule has 3 amide bonds. The molecule has 3 fully saturated rings. The first-order valence-corrected chi connectivity index (χ1v) is 27.7. The van der Waals surface area contributed by atoms with E-state index < -0.39 is 151 Å². The van der Waals surface area contributed by atoms with Gasteiger partial charge in [-0.15, -0.1) is 0 Å². The van der Waals surface area contributed by atoms with Crippen LogP contribution in [-0.4, -0.2) is 218 Å². The second-order valence-electron chi connectivity index (χ2n) is 17.7. The van der Waals surface area contributed by atoms with Crippen LogP contribution in [0.3, 0.4) is 0 Å². The number of nitrogens with zero attached hydrogens (tertiary/aromatic N) is 4. The molecular formula is C35H62N11O24P3S. The molecule has 2 aromatic heterocycles. The Kier molecular flexibility index (Phi) is 21.0. The lowest BCUT2D eigenvalue weighted by molar-refractivity contribution is -0.313. The summed E-state index contributed by atoms with van der Waals surface area (Å²) in [6.45, 7) is 0.992. The molecule has 0 saturated carbocycles. The van der Waals surface area contributed by atoms with E-state index in [9.17, 15) is 78.3 Å². The van der Waals surface area contributed by atoms with Gasteiger partial charge in [-0.05, 0) is 6.92 Å². The zero-order valence-corrected chi connectivity index (χ0v) is 42.9. The molecule has 0 aromatic carbocycles. The lowest BCUT2D eigenvalue weighted by Gasteiger charge is -2.45. The molecule has 74 heavy (non-hydrogen) atoms. The lowest BCUT2D eigenvalue weighted by atomic mass is 9.87. The highest BCUT2D eigenvalue weighted by Crippen LogP contribution is 2.61. The van der Waals surface area contributed by atoms with Crippen molar-refractivity contribution < 1.29 is 115 Å². The van der Waals surface area contributed by atoms with E-state index in [0.29, 0.717) is 0 Å². The molecule has 3 aliphatic heterocycles. The number of imidazole rings is 1. The molecule has 2 aromatic rings. The predicted octanol–water partition coefficient (Wildman–Crippen LogP) is -7.09. The van der Waals surface area contributed by atoms with Gasteiger partial charge in [0.05, 0.1) is 31.3 Å². The Morgan fingerprint density at radius 2 is 1.54 bits per heavy atom. The maximum atomic E-state index is 12.8. The van der Waals surface area contributed by atoms with Gasteiger partial charge in [-0.2, -0.15) is 16.1 Å². The highest BCUT2D eigenvalue weighted by Gasteiger charge is 2.57. The first-order chi connectivity index (χ1) is 34.3. The van der Waals surface area contributed by atoms with E-state index in [4.69, 9.17) is 55.5 Å². The average molecular weight is 1150 g/mol. The predicted molar refractivity (Wildman–Crippen MR) is 247 cm³/mol. The summed E-state index contributed by atoms with van der Waals surface area (Å²) < 4.78 is 79.3. The summed E-state index contributed by atoms with van der Waals surface area (Å²) in [6.07, 6.45) is -18.9. The van der Waals surface area contributed by atoms with Crippen LogP contribution in [0.2, 0.25) is 0 Å². The van der Waals surface area contributed by atoms with Gasteiger partial charge in [0, 0.05) is 37.2 Å². The van der Waals surface area contributed by atoms with Crippen molar-refractivity contribution in [2.75, 3.05) is 50.1 Å². The van der Waals surface area contributed by atoms with E-state index in [2.05, 4.69) is 35.2 Å². The van der Waals surface area contributed by atoms with Crippen LogP contribution in [0.1, 0.15) is 27.2 Å². The summed E-state index contributed by atoms with van der Waals surface area (Å²) in [5.74, 6) is -2.04. The Labute approximate surface area is 423 Å². The summed E-state index contributed by atoms with van der Waals surface area (Å²) >= 11 is 1.11. The van der Waals surface area contributed by atoms with E-state index >= 15 is 0 Å². The van der Waals surface area contributed by atoms with Crippen molar-refractivity contribution in [2.45, 2.75) is 119 Å². The number of phosphoric ester groups is 3. The monoisotopic (exact) mass is 1150 g/mol. The number of amides is 3. The van der Waals surface area contributed by atoms with Gasteiger partial charge in [0.2, 0.25) is 17.7 Å². The third kappa shape index (κ3) is 15.8. The van der Waals surface area contributed by atoms with Gasteiger partial charge in [0.15, 0.2) is 23.5 Å². The summed E-state index contributed by atoms with van der Waals surface area (Å²) in [6, 6.07) is -1.34. The summed E-state index contributed by atoms with van der Waals surface area (Å²) in [7, 11) is -16.6. The number of phosphoric acid groups is 3. The molecule has 3 saturated heterocycles. The number of nitrogens with one attached hydrogen (secondary N) is 3. The summed E-state index contributed by atoms with van der Waals surface area (Å²) in [5, 5.41) is 70.7. The fraction of sp³-hybridized carbons (Fsp3) is 0.771. The number of rotatable bonds is 25. The number of nitrogen functional groups attached to an aromatic ring is 1. The third-order valence-electron chi connectivity index (χ3n) is 11.6. The number of aliphatic hydroxyl groups excluding tert-OH is 6. The van der Waals surface area contributed by atoms with Gasteiger partial charge in [-0.3, -0.25) is 32.5 Å². The minimum atomic E-state index is -5.65. The number of aliphatic hydroxyl groups is 6. The molecule has 5 rings (SSSR count). The van der Waals surface area contributed by atoms with Gasteiger partial charge in [-0.25, -0.2) is 28.6 Å². The van der Waals surface area contributed by atoms with Gasteiger partial charge >= 0.3 is 23.5 Å². The molecular weight excluding hydrogens is 1080 g/mol. The third-order valence-corrected chi connectivity index (χ3v) is 15.6. The van der Waals surface area contributed by atoms with Gasteiger partial charge in [0.1, 0.15) is 85.3 Å². The van der Waals surface area contributed by atoms with Crippen molar-refractivity contribution in [2.24, 2.45) is 22.6 Å². The zero-order chi connectivity index (χ0) is 55.3. The first kappa shape index (κ1) is 61.8. The largest absolute Gasteiger partial charge is 0.481 e. The van der Waals surface area contributed by atoms with Crippen molar-refractivity contribution in [3.8, 4) is 0 Å². The zero-order valence-electron chi connectivity index (χ0n) is 39.4. The van der Waals surface area contributed by atoms with E-state index in [1.54, 1.807) is 0 Å². The van der Waals surface area contributed by atoms with Crippen molar-refractivity contribution in [1.82, 2.24) is 35.5 Å². The number of carbonyl (C=O) groups is 3. The molecule has 17 atom stereocenters. The summed E-state index contributed by atoms with van der Waals surface area (Å²) in [4.78, 5) is 89.2. The Morgan fingerprint density at radius 1 is 0.865 bits per heavy atom. The van der Waals surface area contributed by atoms with Crippen molar-refractivity contribution in [3.63, 3.8) is 0 Å². The fourth-order valence-electron chi connectivity index (χ4n) is 7.42. The molecule has 0 bridgehead atoms. The number of thioether (sulfide) groups is 1. The normalized spacial score (nSPS) is 32.8. The maximum absolute atomic E-state index is 12.8. The second kappa shape index (κ2) is 25.2. The fourth-order valence-corrected chi connectivity index (χ4v) is 10.9. The number of nitrogens with two attached hydrogens (primary N) is 4. The van der Waals surface area contributed by atoms with Crippen LogP contribution >= 0.6 is 35.2 Å². The molecule has 5 heterocycles. The summed E-state index contributed by atoms with van der Waals surface area (Å²) in [5.41, 5.74) is 19.5. The number of fused-ring (bicyclic) bond motifs is 1. The van der Waals surface area contributed by atoms with Crippen LogP contribution in [0.5, 0.6) is 0 Å². The number of hydrogen-bond donors (Lipinski definition) is 17. The lowest BCUT2D eigenvalue weighted by Crippen LogP contribution is -2.68. The van der Waals surface area contributed by atoms with E-state index in [-0.39, 0.29) is 54.5 Å². The Bertz CT molecular complexity index is 2420. The van der Waals surface area contributed by atoms with Crippen LogP contribution in [0, 0.1) is 5.41 Å². The SMILES string of the molecule is CC(C)(COP(=O)(O)OP(=O)(O)OCC1OC(C)(n2cnc3c(N)ncnc32)C(O)C1OP(=O)(O)O)C(O)C(=O)NCCC(=O)NCCSCC(=O)NCC1OC(OC2C(N)OC(N)C(O)C2O)C(N)C(O)C1O. The van der Waals surface area contributed by atoms with Gasteiger partial charge in [0.25, 0.3) is 0 Å². The van der Waals surface area contributed by atoms with E-state index in [1.807, 2.05) is 0 Å². The van der Waals surface area contributed by atoms with Crippen LogP contribution in [-0.2, 0) is 70.6 Å². The first-order valence-electron chi connectivity index (χ1n) is 22.0. The molecule has 0 spiro atoms. The van der Waals surface area contributed by atoms with Crippen molar-refractivity contribution >= 4 is 69.9 Å². The topological polar surface area (TPSA) is 562 Å². The maximum Gasteiger partial charge on any atom is 0.481 e. The quantitative estimate of drug-likeness (QED) is 0.0324. The van der Waals surface area contributed by atoms with Crippen LogP contribution in [0.25, 0.3) is 11.2 Å². The molecule has 0 aliphatic carbocycles. The molecule has 422 valence electrons. The number of carbonyl (C=O) groups excluding carboxylic acids is 3. The number of ether oxygens (including phenoxy) is 4. The van der Waals surface area contributed by atoms with Gasteiger partial charge in [-0.1, -0.05) is 13.8 Å². The number of hydrogen-bond acceptors (Lipinski definition) is 28. The van der Waals surface area contributed by atoms with Crippen LogP contribution < -0.4 is 38.9 Å². The molecule has 3 aliphatic rings. The Morgan fingerprint density at radius 3 is 2.22 bits per heavy atom. The molecule has 39 heteroatoms. The molecule has 21 N–H and O–H groups in total. The Hall–Kier alpha value is -3.04. The highest BCUT2D eigenvalue weighted by atomic mass is 32.2. The molecule has 0 radical (unpaired) electrons. The van der Waals surface area contributed by atoms with E-state index in [1.165, 1.54) is 20.8 Å². The number of anilines is 1. The smallest absolute Gasteiger partial charge is 0.388 e. The standard InChI is InChI=1S/C35H62N11O24P3S/c1-34(2,11-64-73(61,62)70-72(59,60)63-9-15-24(69-71(56,57)58)26(53)35(3,68-15)46-13-45-19-28(37)43-12-44-31(19)46)27(54)32(55)41-5-4-16(47)40-6-7-74-10-17(48)42-8-14-20(49)21(50)18(36)33(65-14)66-25-22(51)23(52)29(38)67-30(25)39/h12-15,18,20-27,29-30,33,49-54H,4-11,36,38-39H2,1-3H3,(H,40,47)(H,41,55)(H,42,48)(H,59,60)(H,61,62)(H2,37,43,44)(H2,56,57,58). The number of aromatic nitrogens is 4. The molecule has 35 nitrogen and oxygen atoms in total. The van der Waals surface area contributed by atoms with Crippen molar-refractivity contribution in [3.05, 3.63) is 12.7 Å². The average Bonchev–Trinajstić information content (AvgIpc) is 3.86. The van der Waals surface area contributed by atoms with Crippen LogP contribution in [0.4, 0.5) is 5.82 Å². The molecule has 17 unspecified atom stereocenters. The minimum Gasteiger partial charge on any atom is -0.388 e. The highest BCUT2D eigenvalue weighted by molar-refractivity contribution is 7.99. The van der Waals surface area contributed by atoms with Gasteiger partial charge < -0.3 is 108 Å². The van der Waals surface area contributed by atoms with Crippen LogP contribution in [0.15, 0.2) is 12.7 Å². The van der Waals surface area contributed by atoms with E-state index in [0.717, 1.165) is 29.0 Å². The Balaban J connectivity index is 0.986. The second-order valence-corrected chi connectivity index (χ2v) is 23.1. The van der Waals surface area contributed by atoms with Crippen molar-refractivity contribution in [1.29, 1.82) is 0 Å².